The maximum Gasteiger partial charge on any atom is 0.418 e. The molecule has 1 atom stereocenters. The molecule has 0 radical (unpaired) electrons. The van der Waals surface area contributed by atoms with Crippen molar-refractivity contribution in [1.82, 2.24) is 5.32 Å². The number of sulfonamides is 1. The number of alkyl halides is 3. The summed E-state index contributed by atoms with van der Waals surface area (Å²) in [4.78, 5) is 0. The molecule has 0 amide bonds. The molecule has 21 heavy (non-hydrogen) atoms. The molecule has 1 aromatic carbocycles. The van der Waals surface area contributed by atoms with Crippen LogP contribution in [-0.4, -0.2) is 26.8 Å². The molecule has 0 spiro atoms. The SMILES string of the molecule is O=S(=O)(CC1CCCN1)Nc1ccc(Br)cc1C(F)(F)F. The molecule has 1 heterocycles. The molecule has 2 rings (SSSR count). The molecule has 1 aliphatic rings. The normalized spacial score (nSPS) is 19.7. The van der Waals surface area contributed by atoms with Crippen LogP contribution in [0.2, 0.25) is 0 Å². The molecule has 9 heteroatoms. The van der Waals surface area contributed by atoms with E-state index in [2.05, 4.69) is 21.2 Å². The van der Waals surface area contributed by atoms with Gasteiger partial charge in [0.25, 0.3) is 0 Å². The summed E-state index contributed by atoms with van der Waals surface area (Å²) in [5.74, 6) is -0.236. The second-order valence-corrected chi connectivity index (χ2v) is 7.55. The third-order valence-electron chi connectivity index (χ3n) is 3.14. The minimum atomic E-state index is -4.63. The van der Waals surface area contributed by atoms with E-state index < -0.39 is 27.5 Å². The highest BCUT2D eigenvalue weighted by Crippen LogP contribution is 2.37. The number of nitrogens with one attached hydrogen (secondary N) is 2. The van der Waals surface area contributed by atoms with Gasteiger partial charge in [-0.05, 0) is 37.6 Å². The topological polar surface area (TPSA) is 58.2 Å². The molecule has 4 nitrogen and oxygen atoms in total. The van der Waals surface area contributed by atoms with Crippen LogP contribution in [-0.2, 0) is 16.2 Å². The highest BCUT2D eigenvalue weighted by molar-refractivity contribution is 9.10. The van der Waals surface area contributed by atoms with Crippen molar-refractivity contribution in [2.24, 2.45) is 0 Å². The number of halogens is 4. The zero-order chi connectivity index (χ0) is 15.7. The average Bonchev–Trinajstić information content (AvgIpc) is 2.81. The lowest BCUT2D eigenvalue weighted by Crippen LogP contribution is -2.33. The van der Waals surface area contributed by atoms with Crippen molar-refractivity contribution in [1.29, 1.82) is 0 Å². The Morgan fingerprint density at radius 1 is 1.38 bits per heavy atom. The average molecular weight is 387 g/mol. The van der Waals surface area contributed by atoms with Crippen molar-refractivity contribution in [3.05, 3.63) is 28.2 Å². The smallest absolute Gasteiger partial charge is 0.313 e. The molecule has 0 aliphatic carbocycles. The first-order valence-electron chi connectivity index (χ1n) is 6.28. The molecule has 1 aliphatic heterocycles. The van der Waals surface area contributed by atoms with Crippen LogP contribution in [0.5, 0.6) is 0 Å². The van der Waals surface area contributed by atoms with E-state index >= 15 is 0 Å². The van der Waals surface area contributed by atoms with E-state index in [4.69, 9.17) is 0 Å². The van der Waals surface area contributed by atoms with Gasteiger partial charge in [-0.1, -0.05) is 15.9 Å². The van der Waals surface area contributed by atoms with Crippen LogP contribution in [0.25, 0.3) is 0 Å². The van der Waals surface area contributed by atoms with Crippen LogP contribution < -0.4 is 10.0 Å². The first-order valence-corrected chi connectivity index (χ1v) is 8.72. The summed E-state index contributed by atoms with van der Waals surface area (Å²) < 4.78 is 65.1. The Morgan fingerprint density at radius 3 is 2.67 bits per heavy atom. The Kier molecular flexibility index (Phi) is 4.84. The lowest BCUT2D eigenvalue weighted by atomic mass is 10.2. The number of rotatable bonds is 4. The van der Waals surface area contributed by atoms with Gasteiger partial charge in [0.05, 0.1) is 17.0 Å². The van der Waals surface area contributed by atoms with Crippen molar-refractivity contribution in [2.45, 2.75) is 25.1 Å². The third kappa shape index (κ3) is 4.58. The maximum atomic E-state index is 12.9. The van der Waals surface area contributed by atoms with Crippen LogP contribution in [0.3, 0.4) is 0 Å². The Bertz CT molecular complexity index is 613. The van der Waals surface area contributed by atoms with E-state index in [-0.39, 0.29) is 16.3 Å². The Balaban J connectivity index is 2.22. The van der Waals surface area contributed by atoms with E-state index in [9.17, 15) is 21.6 Å². The van der Waals surface area contributed by atoms with E-state index in [1.165, 1.54) is 6.07 Å². The van der Waals surface area contributed by atoms with Gasteiger partial charge in [-0.15, -0.1) is 0 Å². The summed E-state index contributed by atoms with van der Waals surface area (Å²) in [5.41, 5.74) is -1.47. The second kappa shape index (κ2) is 6.13. The molecule has 0 bridgehead atoms. The van der Waals surface area contributed by atoms with E-state index in [0.717, 1.165) is 25.1 Å². The molecule has 1 fully saturated rings. The fourth-order valence-corrected chi connectivity index (χ4v) is 3.98. The second-order valence-electron chi connectivity index (χ2n) is 4.86. The van der Waals surface area contributed by atoms with Crippen LogP contribution in [0, 0.1) is 0 Å². The van der Waals surface area contributed by atoms with Gasteiger partial charge < -0.3 is 5.32 Å². The van der Waals surface area contributed by atoms with Gasteiger partial charge in [0.2, 0.25) is 10.0 Å². The number of anilines is 1. The Hall–Kier alpha value is -0.800. The summed E-state index contributed by atoms with van der Waals surface area (Å²) >= 11 is 2.95. The highest BCUT2D eigenvalue weighted by Gasteiger charge is 2.35. The van der Waals surface area contributed by atoms with E-state index in [1.807, 2.05) is 4.72 Å². The minimum Gasteiger partial charge on any atom is -0.313 e. The maximum absolute atomic E-state index is 12.9. The molecular formula is C12H14BrF3N2O2S. The molecule has 1 saturated heterocycles. The van der Waals surface area contributed by atoms with E-state index in [1.54, 1.807) is 0 Å². The van der Waals surface area contributed by atoms with Gasteiger partial charge in [0.15, 0.2) is 0 Å². The molecule has 0 aromatic heterocycles. The number of hydrogen-bond acceptors (Lipinski definition) is 3. The largest absolute Gasteiger partial charge is 0.418 e. The summed E-state index contributed by atoms with van der Waals surface area (Å²) in [5, 5.41) is 3.00. The van der Waals surface area contributed by atoms with Crippen LogP contribution in [0.15, 0.2) is 22.7 Å². The monoisotopic (exact) mass is 386 g/mol. The predicted octanol–water partition coefficient (Wildman–Crippen LogP) is 2.96. The molecule has 1 aromatic rings. The molecule has 1 unspecified atom stereocenters. The van der Waals surface area contributed by atoms with Crippen LogP contribution >= 0.6 is 15.9 Å². The van der Waals surface area contributed by atoms with Crippen LogP contribution in [0.1, 0.15) is 18.4 Å². The van der Waals surface area contributed by atoms with Crippen molar-refractivity contribution < 1.29 is 21.6 Å². The zero-order valence-electron chi connectivity index (χ0n) is 10.9. The molecule has 118 valence electrons. The third-order valence-corrected chi connectivity index (χ3v) is 5.00. The van der Waals surface area contributed by atoms with Gasteiger partial charge in [-0.25, -0.2) is 8.42 Å². The van der Waals surface area contributed by atoms with Gasteiger partial charge >= 0.3 is 6.18 Å². The van der Waals surface area contributed by atoms with Crippen molar-refractivity contribution in [3.8, 4) is 0 Å². The number of benzene rings is 1. The first kappa shape index (κ1) is 16.6. The van der Waals surface area contributed by atoms with E-state index in [0.29, 0.717) is 6.42 Å². The molecule has 0 saturated carbocycles. The fourth-order valence-electron chi connectivity index (χ4n) is 2.21. The van der Waals surface area contributed by atoms with Crippen molar-refractivity contribution >= 4 is 31.6 Å². The summed E-state index contributed by atoms with van der Waals surface area (Å²) in [6.45, 7) is 0.728. The quantitative estimate of drug-likeness (QED) is 0.836. The zero-order valence-corrected chi connectivity index (χ0v) is 13.3. The highest BCUT2D eigenvalue weighted by atomic mass is 79.9. The molecular weight excluding hydrogens is 373 g/mol. The Labute approximate surface area is 129 Å². The predicted molar refractivity (Wildman–Crippen MR) is 77.6 cm³/mol. The summed E-state index contributed by atoms with van der Waals surface area (Å²) in [7, 11) is -3.84. The summed E-state index contributed by atoms with van der Waals surface area (Å²) in [6, 6.07) is 3.10. The van der Waals surface area contributed by atoms with Crippen LogP contribution in [0.4, 0.5) is 18.9 Å². The lowest BCUT2D eigenvalue weighted by molar-refractivity contribution is -0.136. The first-order chi connectivity index (χ1) is 9.67. The minimum absolute atomic E-state index is 0.215. The standard InChI is InChI=1S/C12H14BrF3N2O2S/c13-8-3-4-11(10(6-8)12(14,15)16)18-21(19,20)7-9-2-1-5-17-9/h3-4,6,9,17-18H,1-2,5,7H2. The van der Waals surface area contributed by atoms with Gasteiger partial charge in [0.1, 0.15) is 0 Å². The lowest BCUT2D eigenvalue weighted by Gasteiger charge is -2.17. The molecule has 2 N–H and O–H groups in total. The summed E-state index contributed by atoms with van der Waals surface area (Å²) in [6.07, 6.45) is -3.06. The Morgan fingerprint density at radius 2 is 2.10 bits per heavy atom. The van der Waals surface area contributed by atoms with Gasteiger partial charge in [0, 0.05) is 10.5 Å². The number of hydrogen-bond donors (Lipinski definition) is 2. The fraction of sp³-hybridized carbons (Fsp3) is 0.500. The van der Waals surface area contributed by atoms with Gasteiger partial charge in [-0.2, -0.15) is 13.2 Å². The van der Waals surface area contributed by atoms with Crippen molar-refractivity contribution in [2.75, 3.05) is 17.0 Å². The van der Waals surface area contributed by atoms with Gasteiger partial charge in [-0.3, -0.25) is 4.72 Å². The van der Waals surface area contributed by atoms with Crippen molar-refractivity contribution in [3.63, 3.8) is 0 Å².